The molecular weight excluding hydrogens is 273 g/mol. The van der Waals surface area contributed by atoms with Crippen LogP contribution in [-0.2, 0) is 4.79 Å². The molecule has 4 nitrogen and oxygen atoms in total. The van der Waals surface area contributed by atoms with Gasteiger partial charge in [-0.05, 0) is 42.5 Å². The summed E-state index contributed by atoms with van der Waals surface area (Å²) in [5.41, 5.74) is 0.360. The molecule has 114 valence electrons. The number of aliphatic carboxylic acids is 1. The molecule has 1 aromatic carbocycles. The predicted octanol–water partition coefficient (Wildman–Crippen LogP) is 3.09. The van der Waals surface area contributed by atoms with Gasteiger partial charge in [0.15, 0.2) is 0 Å². The lowest BCUT2D eigenvalue weighted by Gasteiger charge is -2.08. The largest absolute Gasteiger partial charge is 0.478 e. The SMILES string of the molecule is CC(C)CCCNC(=O)c1ccc(C=CC(=O)O)cc1F. The van der Waals surface area contributed by atoms with Crippen molar-refractivity contribution in [3.8, 4) is 0 Å². The zero-order valence-corrected chi connectivity index (χ0v) is 12.2. The number of rotatable bonds is 7. The Morgan fingerprint density at radius 1 is 1.38 bits per heavy atom. The van der Waals surface area contributed by atoms with Gasteiger partial charge in [-0.3, -0.25) is 4.79 Å². The molecule has 0 fully saturated rings. The summed E-state index contributed by atoms with van der Waals surface area (Å²) in [6.07, 6.45) is 4.04. The highest BCUT2D eigenvalue weighted by molar-refractivity contribution is 5.94. The van der Waals surface area contributed by atoms with Crippen LogP contribution in [0.3, 0.4) is 0 Å². The van der Waals surface area contributed by atoms with E-state index in [1.165, 1.54) is 18.2 Å². The lowest BCUT2D eigenvalue weighted by molar-refractivity contribution is -0.131. The lowest BCUT2D eigenvalue weighted by atomic mass is 10.1. The Kier molecular flexibility index (Phi) is 6.59. The third-order valence-corrected chi connectivity index (χ3v) is 2.90. The molecule has 1 amide bonds. The lowest BCUT2D eigenvalue weighted by Crippen LogP contribution is -2.25. The van der Waals surface area contributed by atoms with Crippen molar-refractivity contribution in [3.05, 3.63) is 41.2 Å². The van der Waals surface area contributed by atoms with Crippen LogP contribution in [0.25, 0.3) is 6.08 Å². The fourth-order valence-corrected chi connectivity index (χ4v) is 1.79. The summed E-state index contributed by atoms with van der Waals surface area (Å²) in [6.45, 7) is 4.72. The number of carbonyl (C=O) groups excluding carboxylic acids is 1. The van der Waals surface area contributed by atoms with Crippen LogP contribution in [-0.4, -0.2) is 23.5 Å². The van der Waals surface area contributed by atoms with Crippen LogP contribution in [0.4, 0.5) is 4.39 Å². The first-order chi connectivity index (χ1) is 9.90. The molecule has 0 unspecified atom stereocenters. The van der Waals surface area contributed by atoms with E-state index in [0.717, 1.165) is 25.0 Å². The van der Waals surface area contributed by atoms with Crippen molar-refractivity contribution in [2.75, 3.05) is 6.54 Å². The van der Waals surface area contributed by atoms with Crippen molar-refractivity contribution >= 4 is 18.0 Å². The highest BCUT2D eigenvalue weighted by Crippen LogP contribution is 2.12. The molecule has 0 aromatic heterocycles. The van der Waals surface area contributed by atoms with Gasteiger partial charge in [-0.25, -0.2) is 9.18 Å². The number of nitrogens with one attached hydrogen (secondary N) is 1. The van der Waals surface area contributed by atoms with Gasteiger partial charge < -0.3 is 10.4 Å². The molecular formula is C16H20FNO3. The molecule has 0 spiro atoms. The highest BCUT2D eigenvalue weighted by Gasteiger charge is 2.11. The van der Waals surface area contributed by atoms with Crippen LogP contribution in [0.5, 0.6) is 0 Å². The molecule has 2 N–H and O–H groups in total. The van der Waals surface area contributed by atoms with Gasteiger partial charge in [-0.1, -0.05) is 19.9 Å². The molecule has 0 aliphatic rings. The van der Waals surface area contributed by atoms with Gasteiger partial charge in [0.05, 0.1) is 5.56 Å². The van der Waals surface area contributed by atoms with Gasteiger partial charge in [-0.2, -0.15) is 0 Å². The van der Waals surface area contributed by atoms with E-state index in [4.69, 9.17) is 5.11 Å². The summed E-state index contributed by atoms with van der Waals surface area (Å²) in [5, 5.41) is 11.2. The summed E-state index contributed by atoms with van der Waals surface area (Å²) in [7, 11) is 0. The molecule has 1 rings (SSSR count). The van der Waals surface area contributed by atoms with E-state index in [2.05, 4.69) is 19.2 Å². The van der Waals surface area contributed by atoms with Crippen LogP contribution in [0.15, 0.2) is 24.3 Å². The van der Waals surface area contributed by atoms with Gasteiger partial charge >= 0.3 is 5.97 Å². The standard InChI is InChI=1S/C16H20FNO3/c1-11(2)4-3-9-18-16(21)13-7-5-12(10-14(13)17)6-8-15(19)20/h5-8,10-11H,3-4,9H2,1-2H3,(H,18,21)(H,19,20). The van der Waals surface area contributed by atoms with Crippen molar-refractivity contribution in [1.82, 2.24) is 5.32 Å². The van der Waals surface area contributed by atoms with Gasteiger partial charge in [0.25, 0.3) is 5.91 Å². The first-order valence-electron chi connectivity index (χ1n) is 6.89. The molecule has 5 heteroatoms. The number of carbonyl (C=O) groups is 2. The Morgan fingerprint density at radius 3 is 2.67 bits per heavy atom. The van der Waals surface area contributed by atoms with Crippen LogP contribution in [0.2, 0.25) is 0 Å². The maximum absolute atomic E-state index is 13.8. The molecule has 0 saturated carbocycles. The Morgan fingerprint density at radius 2 is 2.10 bits per heavy atom. The van der Waals surface area contributed by atoms with Gasteiger partial charge in [0.1, 0.15) is 5.82 Å². The molecule has 0 heterocycles. The first kappa shape index (κ1) is 16.9. The predicted molar refractivity (Wildman–Crippen MR) is 79.5 cm³/mol. The summed E-state index contributed by atoms with van der Waals surface area (Å²) in [4.78, 5) is 22.2. The maximum atomic E-state index is 13.8. The Hall–Kier alpha value is -2.17. The van der Waals surface area contributed by atoms with E-state index in [9.17, 15) is 14.0 Å². The molecule has 0 aliphatic heterocycles. The third kappa shape index (κ3) is 6.21. The van der Waals surface area contributed by atoms with Gasteiger partial charge in [-0.15, -0.1) is 0 Å². The average Bonchev–Trinajstić information content (AvgIpc) is 2.41. The third-order valence-electron chi connectivity index (χ3n) is 2.90. The first-order valence-corrected chi connectivity index (χ1v) is 6.89. The van der Waals surface area contributed by atoms with Crippen LogP contribution in [0.1, 0.15) is 42.6 Å². The quantitative estimate of drug-likeness (QED) is 0.599. The minimum Gasteiger partial charge on any atom is -0.478 e. The van der Waals surface area contributed by atoms with E-state index in [1.807, 2.05) is 0 Å². The van der Waals surface area contributed by atoms with Crippen molar-refractivity contribution in [2.24, 2.45) is 5.92 Å². The number of carboxylic acids is 1. The molecule has 0 bridgehead atoms. The van der Waals surface area contributed by atoms with Crippen LogP contribution in [0, 0.1) is 11.7 Å². The number of halogens is 1. The Balaban J connectivity index is 2.62. The maximum Gasteiger partial charge on any atom is 0.328 e. The molecule has 1 aromatic rings. The van der Waals surface area contributed by atoms with Gasteiger partial charge in [0, 0.05) is 12.6 Å². The molecule has 0 atom stereocenters. The molecule has 0 aliphatic carbocycles. The minimum atomic E-state index is -1.11. The number of benzene rings is 1. The summed E-state index contributed by atoms with van der Waals surface area (Å²) < 4.78 is 13.8. The van der Waals surface area contributed by atoms with Crippen LogP contribution < -0.4 is 5.32 Å². The molecule has 0 saturated heterocycles. The smallest absolute Gasteiger partial charge is 0.328 e. The van der Waals surface area contributed by atoms with E-state index < -0.39 is 17.7 Å². The van der Waals surface area contributed by atoms with E-state index in [-0.39, 0.29) is 5.56 Å². The summed E-state index contributed by atoms with van der Waals surface area (Å²) in [6, 6.07) is 4.00. The normalized spacial score (nSPS) is 11.0. The fraction of sp³-hybridized carbons (Fsp3) is 0.375. The summed E-state index contributed by atoms with van der Waals surface area (Å²) >= 11 is 0. The highest BCUT2D eigenvalue weighted by atomic mass is 19.1. The zero-order valence-electron chi connectivity index (χ0n) is 12.2. The van der Waals surface area contributed by atoms with Crippen molar-refractivity contribution < 1.29 is 19.1 Å². The van der Waals surface area contributed by atoms with Crippen LogP contribution >= 0.6 is 0 Å². The Bertz CT molecular complexity index is 538. The number of hydrogen-bond acceptors (Lipinski definition) is 2. The van der Waals surface area contributed by atoms with E-state index >= 15 is 0 Å². The number of hydrogen-bond donors (Lipinski definition) is 2. The number of carboxylic acid groups (broad SMARTS) is 1. The van der Waals surface area contributed by atoms with Crippen molar-refractivity contribution in [3.63, 3.8) is 0 Å². The van der Waals surface area contributed by atoms with Gasteiger partial charge in [0.2, 0.25) is 0 Å². The van der Waals surface area contributed by atoms with E-state index in [0.29, 0.717) is 18.0 Å². The molecule has 0 radical (unpaired) electrons. The Labute approximate surface area is 123 Å². The molecule has 21 heavy (non-hydrogen) atoms. The second-order valence-corrected chi connectivity index (χ2v) is 5.20. The second-order valence-electron chi connectivity index (χ2n) is 5.20. The monoisotopic (exact) mass is 293 g/mol. The summed E-state index contributed by atoms with van der Waals surface area (Å²) in [5.74, 6) is -1.66. The number of amides is 1. The van der Waals surface area contributed by atoms with Crippen molar-refractivity contribution in [1.29, 1.82) is 0 Å². The zero-order chi connectivity index (χ0) is 15.8. The van der Waals surface area contributed by atoms with Crippen molar-refractivity contribution in [2.45, 2.75) is 26.7 Å². The topological polar surface area (TPSA) is 66.4 Å². The fourth-order valence-electron chi connectivity index (χ4n) is 1.79. The van der Waals surface area contributed by atoms with E-state index in [1.54, 1.807) is 0 Å². The average molecular weight is 293 g/mol. The minimum absolute atomic E-state index is 0.0352. The second kappa shape index (κ2) is 8.19.